The molecule has 78 valence electrons. The van der Waals surface area contributed by atoms with Crippen molar-refractivity contribution in [3.63, 3.8) is 0 Å². The van der Waals surface area contributed by atoms with Gasteiger partial charge in [-0.1, -0.05) is 31.9 Å². The summed E-state index contributed by atoms with van der Waals surface area (Å²) in [6.45, 7) is 4.32. The second-order valence-electron chi connectivity index (χ2n) is 3.77. The van der Waals surface area contributed by atoms with E-state index in [2.05, 4.69) is 32.0 Å². The van der Waals surface area contributed by atoms with E-state index in [-0.39, 0.29) is 0 Å². The molecule has 1 rings (SSSR count). The summed E-state index contributed by atoms with van der Waals surface area (Å²) < 4.78 is 5.36. The second kappa shape index (κ2) is 5.69. The molecule has 14 heavy (non-hydrogen) atoms. The van der Waals surface area contributed by atoms with Gasteiger partial charge in [-0.25, -0.2) is 0 Å². The fourth-order valence-electron chi connectivity index (χ4n) is 1.62. The van der Waals surface area contributed by atoms with Crippen LogP contribution < -0.4 is 4.74 Å². The van der Waals surface area contributed by atoms with Gasteiger partial charge in [0.15, 0.2) is 0 Å². The largest absolute Gasteiger partial charge is 0.496 e. The molecule has 0 fully saturated rings. The molecule has 0 radical (unpaired) electrons. The van der Waals surface area contributed by atoms with Crippen LogP contribution in [0.5, 0.6) is 5.75 Å². The van der Waals surface area contributed by atoms with E-state index in [0.29, 0.717) is 0 Å². The van der Waals surface area contributed by atoms with Crippen LogP contribution in [0.25, 0.3) is 0 Å². The molecule has 1 heteroatoms. The van der Waals surface area contributed by atoms with Gasteiger partial charge in [0.1, 0.15) is 5.75 Å². The number of unbranched alkanes of at least 4 members (excludes halogenated alkanes) is 2. The Morgan fingerprint density at radius 2 is 2.00 bits per heavy atom. The molecule has 0 bridgehead atoms. The molecule has 1 aromatic rings. The van der Waals surface area contributed by atoms with Crippen molar-refractivity contribution in [3.8, 4) is 5.75 Å². The molecule has 0 aliphatic carbocycles. The van der Waals surface area contributed by atoms with E-state index in [0.717, 1.165) is 12.2 Å². The summed E-state index contributed by atoms with van der Waals surface area (Å²) in [5, 5.41) is 0. The summed E-state index contributed by atoms with van der Waals surface area (Å²) in [5.74, 6) is 1.04. The summed E-state index contributed by atoms with van der Waals surface area (Å²) in [7, 11) is 1.75. The van der Waals surface area contributed by atoms with Crippen LogP contribution in [-0.4, -0.2) is 7.11 Å². The first-order valence-corrected chi connectivity index (χ1v) is 5.41. The Kier molecular flexibility index (Phi) is 4.51. The Balaban J connectivity index is 2.65. The lowest BCUT2D eigenvalue weighted by Crippen LogP contribution is -1.93. The first-order chi connectivity index (χ1) is 6.77. The lowest BCUT2D eigenvalue weighted by molar-refractivity contribution is 0.408. The smallest absolute Gasteiger partial charge is 0.122 e. The average Bonchev–Trinajstić information content (AvgIpc) is 2.20. The molecular weight excluding hydrogens is 172 g/mol. The molecule has 0 aliphatic rings. The third kappa shape index (κ3) is 3.06. The fourth-order valence-corrected chi connectivity index (χ4v) is 1.62. The van der Waals surface area contributed by atoms with Crippen LogP contribution in [0.2, 0.25) is 0 Å². The van der Waals surface area contributed by atoms with E-state index in [1.807, 2.05) is 0 Å². The standard InChI is InChI=1S/C13H20O/c1-4-5-6-7-12-9-8-11(2)10-13(12)14-3/h8-10H,4-7H2,1-3H3. The Labute approximate surface area is 87.1 Å². The lowest BCUT2D eigenvalue weighted by atomic mass is 10.0. The number of aryl methyl sites for hydroxylation is 2. The van der Waals surface area contributed by atoms with Gasteiger partial charge >= 0.3 is 0 Å². The highest BCUT2D eigenvalue weighted by molar-refractivity contribution is 5.37. The molecule has 0 saturated carbocycles. The average molecular weight is 192 g/mol. The summed E-state index contributed by atoms with van der Waals surface area (Å²) in [4.78, 5) is 0. The summed E-state index contributed by atoms with van der Waals surface area (Å²) in [5.41, 5.74) is 2.60. The van der Waals surface area contributed by atoms with Gasteiger partial charge < -0.3 is 4.74 Å². The van der Waals surface area contributed by atoms with Crippen molar-refractivity contribution in [2.24, 2.45) is 0 Å². The number of rotatable bonds is 5. The van der Waals surface area contributed by atoms with E-state index in [1.165, 1.54) is 30.4 Å². The lowest BCUT2D eigenvalue weighted by Gasteiger charge is -2.08. The summed E-state index contributed by atoms with van der Waals surface area (Å²) in [6.07, 6.45) is 4.97. The number of hydrogen-bond donors (Lipinski definition) is 0. The van der Waals surface area contributed by atoms with Crippen molar-refractivity contribution < 1.29 is 4.74 Å². The highest BCUT2D eigenvalue weighted by atomic mass is 16.5. The molecule has 0 aromatic heterocycles. The van der Waals surface area contributed by atoms with Gasteiger partial charge in [-0.3, -0.25) is 0 Å². The number of methoxy groups -OCH3 is 1. The monoisotopic (exact) mass is 192 g/mol. The molecule has 0 aliphatic heterocycles. The number of ether oxygens (including phenoxy) is 1. The highest BCUT2D eigenvalue weighted by Gasteiger charge is 2.01. The molecule has 0 amide bonds. The van der Waals surface area contributed by atoms with Crippen molar-refractivity contribution in [2.45, 2.75) is 39.5 Å². The normalized spacial score (nSPS) is 10.2. The molecule has 0 spiro atoms. The van der Waals surface area contributed by atoms with Gasteiger partial charge in [0.05, 0.1) is 7.11 Å². The van der Waals surface area contributed by atoms with Crippen molar-refractivity contribution in [2.75, 3.05) is 7.11 Å². The zero-order chi connectivity index (χ0) is 10.4. The first-order valence-electron chi connectivity index (χ1n) is 5.41. The Bertz CT molecular complexity index is 279. The first kappa shape index (κ1) is 11.1. The SMILES string of the molecule is CCCCCc1ccc(C)cc1OC. The van der Waals surface area contributed by atoms with Crippen molar-refractivity contribution in [3.05, 3.63) is 29.3 Å². The van der Waals surface area contributed by atoms with Crippen LogP contribution in [0.15, 0.2) is 18.2 Å². The minimum Gasteiger partial charge on any atom is -0.496 e. The maximum atomic E-state index is 5.36. The van der Waals surface area contributed by atoms with Crippen molar-refractivity contribution >= 4 is 0 Å². The Hall–Kier alpha value is -0.980. The third-order valence-electron chi connectivity index (χ3n) is 2.49. The molecule has 0 N–H and O–H groups in total. The van der Waals surface area contributed by atoms with Crippen LogP contribution in [0.3, 0.4) is 0 Å². The topological polar surface area (TPSA) is 9.23 Å². The highest BCUT2D eigenvalue weighted by Crippen LogP contribution is 2.21. The number of hydrogen-bond acceptors (Lipinski definition) is 1. The zero-order valence-electron chi connectivity index (χ0n) is 9.47. The fraction of sp³-hybridized carbons (Fsp3) is 0.538. The van der Waals surface area contributed by atoms with Gasteiger partial charge in [0.2, 0.25) is 0 Å². The van der Waals surface area contributed by atoms with Crippen LogP contribution in [-0.2, 0) is 6.42 Å². The van der Waals surface area contributed by atoms with Crippen LogP contribution in [0, 0.1) is 6.92 Å². The van der Waals surface area contributed by atoms with E-state index in [4.69, 9.17) is 4.74 Å². The minimum absolute atomic E-state index is 1.04. The van der Waals surface area contributed by atoms with E-state index in [9.17, 15) is 0 Å². The van der Waals surface area contributed by atoms with E-state index < -0.39 is 0 Å². The van der Waals surface area contributed by atoms with E-state index in [1.54, 1.807) is 7.11 Å². The molecule has 1 aromatic carbocycles. The molecule has 0 atom stereocenters. The van der Waals surface area contributed by atoms with Crippen LogP contribution in [0.4, 0.5) is 0 Å². The van der Waals surface area contributed by atoms with Crippen molar-refractivity contribution in [1.82, 2.24) is 0 Å². The molecule has 1 nitrogen and oxygen atoms in total. The maximum absolute atomic E-state index is 5.36. The Morgan fingerprint density at radius 3 is 2.64 bits per heavy atom. The Morgan fingerprint density at radius 1 is 1.21 bits per heavy atom. The minimum atomic E-state index is 1.04. The number of benzene rings is 1. The van der Waals surface area contributed by atoms with Crippen molar-refractivity contribution in [1.29, 1.82) is 0 Å². The second-order valence-corrected chi connectivity index (χ2v) is 3.77. The van der Waals surface area contributed by atoms with Crippen LogP contribution in [0.1, 0.15) is 37.3 Å². The van der Waals surface area contributed by atoms with Gasteiger partial charge in [-0.05, 0) is 37.0 Å². The zero-order valence-corrected chi connectivity index (χ0v) is 9.47. The third-order valence-corrected chi connectivity index (χ3v) is 2.49. The van der Waals surface area contributed by atoms with E-state index >= 15 is 0 Å². The molecule has 0 unspecified atom stereocenters. The predicted octanol–water partition coefficient (Wildman–Crippen LogP) is 3.74. The quantitative estimate of drug-likeness (QED) is 0.646. The van der Waals surface area contributed by atoms with Gasteiger partial charge in [-0.15, -0.1) is 0 Å². The predicted molar refractivity (Wildman–Crippen MR) is 61.0 cm³/mol. The molecule has 0 saturated heterocycles. The summed E-state index contributed by atoms with van der Waals surface area (Å²) in [6, 6.07) is 6.45. The maximum Gasteiger partial charge on any atom is 0.122 e. The van der Waals surface area contributed by atoms with Gasteiger partial charge in [-0.2, -0.15) is 0 Å². The molecular formula is C13H20O. The molecule has 0 heterocycles. The summed E-state index contributed by atoms with van der Waals surface area (Å²) >= 11 is 0. The van der Waals surface area contributed by atoms with Gasteiger partial charge in [0, 0.05) is 0 Å². The van der Waals surface area contributed by atoms with Gasteiger partial charge in [0.25, 0.3) is 0 Å². The van der Waals surface area contributed by atoms with Crippen LogP contribution >= 0.6 is 0 Å².